The van der Waals surface area contributed by atoms with E-state index in [9.17, 15) is 13.2 Å². The van der Waals surface area contributed by atoms with Crippen LogP contribution in [0.5, 0.6) is 11.5 Å². The second-order valence-electron chi connectivity index (χ2n) is 7.73. The van der Waals surface area contributed by atoms with Crippen LogP contribution in [0.2, 0.25) is 0 Å². The number of benzene rings is 2. The maximum atomic E-state index is 12.7. The number of methoxy groups -OCH3 is 1. The van der Waals surface area contributed by atoms with E-state index >= 15 is 0 Å². The molecular formula is C22H27N3O5S. The fourth-order valence-corrected chi connectivity index (χ4v) is 5.40. The van der Waals surface area contributed by atoms with Crippen molar-refractivity contribution in [3.63, 3.8) is 0 Å². The minimum Gasteiger partial charge on any atom is -0.497 e. The molecular weight excluding hydrogens is 418 g/mol. The summed E-state index contributed by atoms with van der Waals surface area (Å²) in [6.07, 6.45) is 1.43. The molecule has 9 heteroatoms. The first kappa shape index (κ1) is 21.5. The van der Waals surface area contributed by atoms with Gasteiger partial charge < -0.3 is 19.7 Å². The lowest BCUT2D eigenvalue weighted by molar-refractivity contribution is 0.157. The van der Waals surface area contributed by atoms with E-state index in [-0.39, 0.29) is 23.1 Å². The van der Waals surface area contributed by atoms with Crippen molar-refractivity contribution in [2.24, 2.45) is 0 Å². The smallest absolute Gasteiger partial charge is 0.317 e. The zero-order valence-corrected chi connectivity index (χ0v) is 18.2. The van der Waals surface area contributed by atoms with Crippen LogP contribution in [0.3, 0.4) is 0 Å². The van der Waals surface area contributed by atoms with Gasteiger partial charge in [0.15, 0.2) is 0 Å². The zero-order chi connectivity index (χ0) is 21.8. The predicted molar refractivity (Wildman–Crippen MR) is 116 cm³/mol. The van der Waals surface area contributed by atoms with Crippen LogP contribution >= 0.6 is 0 Å². The van der Waals surface area contributed by atoms with Gasteiger partial charge in [-0.05, 0) is 42.7 Å². The molecule has 0 spiro atoms. The minimum absolute atomic E-state index is 0.145. The first-order chi connectivity index (χ1) is 15.0. The molecule has 2 aliphatic rings. The number of hydrogen-bond donors (Lipinski definition) is 2. The summed E-state index contributed by atoms with van der Waals surface area (Å²) >= 11 is 0. The van der Waals surface area contributed by atoms with Crippen molar-refractivity contribution >= 4 is 16.1 Å². The van der Waals surface area contributed by atoms with Crippen molar-refractivity contribution in [3.05, 3.63) is 54.1 Å². The molecule has 2 amide bonds. The van der Waals surface area contributed by atoms with Crippen LogP contribution in [-0.4, -0.2) is 58.2 Å². The van der Waals surface area contributed by atoms with E-state index in [0.717, 1.165) is 11.3 Å². The summed E-state index contributed by atoms with van der Waals surface area (Å²) in [5, 5.41) is 2.96. The quantitative estimate of drug-likeness (QED) is 0.752. The highest BCUT2D eigenvalue weighted by Crippen LogP contribution is 2.30. The number of ether oxygens (including phenoxy) is 2. The van der Waals surface area contributed by atoms with Gasteiger partial charge in [0.25, 0.3) is 0 Å². The van der Waals surface area contributed by atoms with E-state index in [1.54, 1.807) is 36.3 Å². The van der Waals surface area contributed by atoms with E-state index in [2.05, 4.69) is 10.0 Å². The summed E-state index contributed by atoms with van der Waals surface area (Å²) in [6, 6.07) is 13.9. The third-order valence-electron chi connectivity index (χ3n) is 5.70. The highest BCUT2D eigenvalue weighted by Gasteiger charge is 2.37. The van der Waals surface area contributed by atoms with E-state index in [1.807, 2.05) is 24.3 Å². The Balaban J connectivity index is 1.34. The van der Waals surface area contributed by atoms with E-state index in [4.69, 9.17) is 9.47 Å². The Morgan fingerprint density at radius 1 is 1.16 bits per heavy atom. The van der Waals surface area contributed by atoms with E-state index in [1.165, 1.54) is 0 Å². The Bertz CT molecular complexity index is 1030. The highest BCUT2D eigenvalue weighted by molar-refractivity contribution is 7.89. The molecule has 31 heavy (non-hydrogen) atoms. The van der Waals surface area contributed by atoms with Gasteiger partial charge in [0.05, 0.1) is 13.2 Å². The van der Waals surface area contributed by atoms with E-state index in [0.29, 0.717) is 44.6 Å². The first-order valence-electron chi connectivity index (χ1n) is 10.4. The van der Waals surface area contributed by atoms with Crippen LogP contribution in [0.25, 0.3) is 0 Å². The number of carbonyl (C=O) groups is 1. The lowest BCUT2D eigenvalue weighted by Crippen LogP contribution is -2.43. The Labute approximate surface area is 182 Å². The summed E-state index contributed by atoms with van der Waals surface area (Å²) in [5.74, 6) is 1.16. The number of likely N-dealkylation sites (tertiary alicyclic amines) is 1. The van der Waals surface area contributed by atoms with Crippen LogP contribution < -0.4 is 19.5 Å². The molecule has 0 aliphatic carbocycles. The molecule has 2 aromatic rings. The molecule has 0 aromatic heterocycles. The maximum absolute atomic E-state index is 12.7. The molecule has 166 valence electrons. The Hall–Kier alpha value is -2.78. The number of sulfonamides is 1. The predicted octanol–water partition coefficient (Wildman–Crippen LogP) is 2.15. The Morgan fingerprint density at radius 3 is 2.68 bits per heavy atom. The third kappa shape index (κ3) is 4.94. The molecule has 1 saturated heterocycles. The molecule has 0 unspecified atom stereocenters. The number of nitrogens with zero attached hydrogens (tertiary/aromatic N) is 1. The average Bonchev–Trinajstić information content (AvgIpc) is 3.02. The van der Waals surface area contributed by atoms with Gasteiger partial charge in [-0.1, -0.05) is 24.3 Å². The second kappa shape index (κ2) is 9.15. The zero-order valence-electron chi connectivity index (χ0n) is 17.4. The van der Waals surface area contributed by atoms with Gasteiger partial charge in [-0.2, -0.15) is 0 Å². The number of hydrogen-bond acceptors (Lipinski definition) is 5. The number of fused-ring (bicyclic) bond motifs is 2. The molecule has 2 aromatic carbocycles. The summed E-state index contributed by atoms with van der Waals surface area (Å²) in [4.78, 5) is 14.5. The molecule has 0 bridgehead atoms. The van der Waals surface area contributed by atoms with Crippen molar-refractivity contribution in [1.82, 2.24) is 14.9 Å². The van der Waals surface area contributed by atoms with Gasteiger partial charge >= 0.3 is 6.03 Å². The van der Waals surface area contributed by atoms with Crippen LogP contribution in [0, 0.1) is 0 Å². The lowest BCUT2D eigenvalue weighted by Gasteiger charge is -2.22. The molecule has 0 radical (unpaired) electrons. The van der Waals surface area contributed by atoms with Crippen LogP contribution in [0.1, 0.15) is 18.4 Å². The van der Waals surface area contributed by atoms with E-state index < -0.39 is 10.0 Å². The number of urea groups is 1. The van der Waals surface area contributed by atoms with Gasteiger partial charge in [-0.15, -0.1) is 0 Å². The van der Waals surface area contributed by atoms with Crippen molar-refractivity contribution in [1.29, 1.82) is 0 Å². The topological polar surface area (TPSA) is 97.0 Å². The number of carbonyl (C=O) groups excluding carboxylic acids is 1. The lowest BCUT2D eigenvalue weighted by atomic mass is 10.1. The SMILES string of the molecule is COc1ccc(CCNC(=O)N2CC[C@@H]3Oc4ccccc4S(=O)(=O)N[C@@H]3CC2)cc1. The van der Waals surface area contributed by atoms with Crippen LogP contribution in [-0.2, 0) is 16.4 Å². The highest BCUT2D eigenvalue weighted by atomic mass is 32.2. The molecule has 0 saturated carbocycles. The monoisotopic (exact) mass is 445 g/mol. The van der Waals surface area contributed by atoms with Crippen molar-refractivity contribution in [2.45, 2.75) is 36.3 Å². The van der Waals surface area contributed by atoms with Gasteiger partial charge in [-0.25, -0.2) is 17.9 Å². The van der Waals surface area contributed by atoms with Gasteiger partial charge in [0.1, 0.15) is 22.5 Å². The molecule has 2 aliphatic heterocycles. The number of para-hydroxylation sites is 1. The number of amides is 2. The third-order valence-corrected chi connectivity index (χ3v) is 7.23. The summed E-state index contributed by atoms with van der Waals surface area (Å²) in [6.45, 7) is 1.47. The van der Waals surface area contributed by atoms with Gasteiger partial charge in [0, 0.05) is 26.1 Å². The fraction of sp³-hybridized carbons (Fsp3) is 0.409. The van der Waals surface area contributed by atoms with Crippen LogP contribution in [0.15, 0.2) is 53.4 Å². The Kier molecular flexibility index (Phi) is 6.33. The van der Waals surface area contributed by atoms with Crippen LogP contribution in [0.4, 0.5) is 4.79 Å². The van der Waals surface area contributed by atoms with Gasteiger partial charge in [0.2, 0.25) is 10.0 Å². The number of nitrogens with one attached hydrogen (secondary N) is 2. The average molecular weight is 446 g/mol. The number of rotatable bonds is 4. The van der Waals surface area contributed by atoms with Crippen molar-refractivity contribution in [3.8, 4) is 11.5 Å². The van der Waals surface area contributed by atoms with Gasteiger partial charge in [-0.3, -0.25) is 0 Å². The summed E-state index contributed by atoms with van der Waals surface area (Å²) in [5.41, 5.74) is 1.11. The second-order valence-corrected chi connectivity index (χ2v) is 9.41. The standard InChI is InChI=1S/C22H27N3O5S/c1-29-17-8-6-16(7-9-17)10-13-23-22(26)25-14-11-18-19(12-15-25)30-20-4-2-3-5-21(20)31(27,28)24-18/h2-9,18-19,24H,10-15H2,1H3,(H,23,26)/t18-,19+/m1/s1. The summed E-state index contributed by atoms with van der Waals surface area (Å²) in [7, 11) is -2.03. The normalized spacial score (nSPS) is 22.2. The van der Waals surface area contributed by atoms with Crippen molar-refractivity contribution in [2.75, 3.05) is 26.7 Å². The molecule has 2 N–H and O–H groups in total. The van der Waals surface area contributed by atoms with Crippen molar-refractivity contribution < 1.29 is 22.7 Å². The molecule has 2 heterocycles. The minimum atomic E-state index is -3.66. The Morgan fingerprint density at radius 2 is 1.90 bits per heavy atom. The maximum Gasteiger partial charge on any atom is 0.317 e. The molecule has 8 nitrogen and oxygen atoms in total. The summed E-state index contributed by atoms with van der Waals surface area (Å²) < 4.78 is 39.4. The molecule has 1 fully saturated rings. The first-order valence-corrected chi connectivity index (χ1v) is 11.9. The fourth-order valence-electron chi connectivity index (χ4n) is 3.97. The molecule has 2 atom stereocenters. The molecule has 4 rings (SSSR count). The largest absolute Gasteiger partial charge is 0.497 e.